The van der Waals surface area contributed by atoms with E-state index in [0.717, 1.165) is 5.56 Å². The normalized spacial score (nSPS) is 11.1. The van der Waals surface area contributed by atoms with Crippen molar-refractivity contribution in [3.05, 3.63) is 92.5 Å². The molecule has 4 nitrogen and oxygen atoms in total. The number of rotatable bonds is 7. The third-order valence-corrected chi connectivity index (χ3v) is 6.62. The van der Waals surface area contributed by atoms with Crippen LogP contribution in [0.5, 0.6) is 0 Å². The average molecular weight is 441 g/mol. The lowest BCUT2D eigenvalue weighted by molar-refractivity contribution is 0.102. The number of Topliss-reactive ketones (excluding diaryl/α,β-unsaturated/α-hetero) is 1. The molecule has 0 aliphatic carbocycles. The highest BCUT2D eigenvalue weighted by atomic mass is 35.5. The molecule has 2 heterocycles. The van der Waals surface area contributed by atoms with Crippen LogP contribution in [0.2, 0.25) is 5.02 Å². The van der Waals surface area contributed by atoms with Crippen LogP contribution in [0.3, 0.4) is 0 Å². The number of hydrogen-bond acceptors (Lipinski definition) is 5. The predicted molar refractivity (Wildman–Crippen MR) is 121 cm³/mol. The van der Waals surface area contributed by atoms with E-state index in [2.05, 4.69) is 4.98 Å². The van der Waals surface area contributed by atoms with Gasteiger partial charge in [-0.25, -0.2) is 4.98 Å². The van der Waals surface area contributed by atoms with Gasteiger partial charge in [-0.2, -0.15) is 0 Å². The fraction of sp³-hybridized carbons (Fsp3) is 0.136. The summed E-state index contributed by atoms with van der Waals surface area (Å²) < 4.78 is 2.32. The van der Waals surface area contributed by atoms with Gasteiger partial charge in [-0.3, -0.25) is 14.2 Å². The fourth-order valence-electron chi connectivity index (χ4n) is 2.96. The Morgan fingerprint density at radius 1 is 1.07 bits per heavy atom. The van der Waals surface area contributed by atoms with E-state index in [1.54, 1.807) is 16.7 Å². The van der Waals surface area contributed by atoms with Crippen LogP contribution in [0.1, 0.15) is 15.9 Å². The highest BCUT2D eigenvalue weighted by Crippen LogP contribution is 2.22. The second-order valence-corrected chi connectivity index (χ2v) is 8.74. The number of ketones is 1. The monoisotopic (exact) mass is 440 g/mol. The van der Waals surface area contributed by atoms with Crippen LogP contribution in [-0.2, 0) is 13.0 Å². The average Bonchev–Trinajstić information content (AvgIpc) is 3.22. The van der Waals surface area contributed by atoms with E-state index in [0.29, 0.717) is 38.9 Å². The summed E-state index contributed by atoms with van der Waals surface area (Å²) in [7, 11) is 0. The number of aryl methyl sites for hydroxylation is 1. The zero-order valence-corrected chi connectivity index (χ0v) is 17.8. The number of nitrogens with zero attached hydrogens (tertiary/aromatic N) is 2. The Hall–Kier alpha value is -2.41. The number of aromatic nitrogens is 2. The molecule has 4 rings (SSSR count). The van der Waals surface area contributed by atoms with Gasteiger partial charge in [0.05, 0.1) is 11.3 Å². The number of hydrogen-bond donors (Lipinski definition) is 0. The molecule has 0 atom stereocenters. The van der Waals surface area contributed by atoms with Crippen molar-refractivity contribution in [2.45, 2.75) is 18.1 Å². The first-order valence-corrected chi connectivity index (χ1v) is 11.3. The molecular weight excluding hydrogens is 424 g/mol. The molecule has 146 valence electrons. The van der Waals surface area contributed by atoms with Crippen LogP contribution in [0.25, 0.3) is 10.2 Å². The van der Waals surface area contributed by atoms with Crippen molar-refractivity contribution in [3.8, 4) is 0 Å². The molecular formula is C22H17ClN2O2S2. The third-order valence-electron chi connectivity index (χ3n) is 4.50. The number of halogens is 1. The Kier molecular flexibility index (Phi) is 6.13. The smallest absolute Gasteiger partial charge is 0.272 e. The van der Waals surface area contributed by atoms with Gasteiger partial charge in [-0.15, -0.1) is 11.3 Å². The molecule has 0 N–H and O–H groups in total. The molecule has 0 spiro atoms. The predicted octanol–water partition coefficient (Wildman–Crippen LogP) is 5.33. The van der Waals surface area contributed by atoms with Gasteiger partial charge >= 0.3 is 0 Å². The highest BCUT2D eigenvalue weighted by Gasteiger charge is 2.15. The lowest BCUT2D eigenvalue weighted by Crippen LogP contribution is -2.24. The van der Waals surface area contributed by atoms with Gasteiger partial charge in [0.2, 0.25) is 0 Å². The quantitative estimate of drug-likeness (QED) is 0.221. The number of carbonyl (C=O) groups excluding carboxylic acids is 1. The van der Waals surface area contributed by atoms with Crippen LogP contribution >= 0.6 is 34.7 Å². The first-order chi connectivity index (χ1) is 14.1. The lowest BCUT2D eigenvalue weighted by atomic mass is 10.1. The number of thiophene rings is 1. The van der Waals surface area contributed by atoms with Crippen molar-refractivity contribution in [1.82, 2.24) is 9.55 Å². The Bertz CT molecular complexity index is 1200. The minimum atomic E-state index is -0.0615. The largest absolute Gasteiger partial charge is 0.293 e. The fourth-order valence-corrected chi connectivity index (χ4v) is 4.78. The number of benzene rings is 2. The zero-order chi connectivity index (χ0) is 20.2. The zero-order valence-electron chi connectivity index (χ0n) is 15.4. The van der Waals surface area contributed by atoms with Gasteiger partial charge < -0.3 is 0 Å². The summed E-state index contributed by atoms with van der Waals surface area (Å²) in [5, 5.41) is 3.12. The number of fused-ring (bicyclic) bond motifs is 1. The van der Waals surface area contributed by atoms with E-state index in [1.807, 2.05) is 53.9 Å². The summed E-state index contributed by atoms with van der Waals surface area (Å²) in [5.74, 6) is 0.243. The van der Waals surface area contributed by atoms with Gasteiger partial charge in [0, 0.05) is 17.1 Å². The number of thioether (sulfide) groups is 1. The molecule has 0 aliphatic heterocycles. The minimum absolute atomic E-state index is 0.0134. The van der Waals surface area contributed by atoms with Gasteiger partial charge in [-0.05, 0) is 35.6 Å². The maximum absolute atomic E-state index is 13.0. The lowest BCUT2D eigenvalue weighted by Gasteiger charge is -2.12. The number of carbonyl (C=O) groups is 1. The van der Waals surface area contributed by atoms with Crippen LogP contribution in [0, 0.1) is 0 Å². The van der Waals surface area contributed by atoms with E-state index in [1.165, 1.54) is 23.1 Å². The molecule has 0 aliphatic rings. The molecule has 2 aromatic carbocycles. The standard InChI is InChI=1S/C22H17ClN2O2S2/c23-17-8-6-15(7-9-17)10-12-25-21(27)20-18(11-13-28-20)24-22(25)29-14-19(26)16-4-2-1-3-5-16/h1-9,11,13H,10,12,14H2. The van der Waals surface area contributed by atoms with Crippen molar-refractivity contribution in [2.75, 3.05) is 5.75 Å². The molecule has 0 radical (unpaired) electrons. The SMILES string of the molecule is O=C(CSc1nc2ccsc2c(=O)n1CCc1ccc(Cl)cc1)c1ccccc1. The molecule has 0 bridgehead atoms. The molecule has 0 fully saturated rings. The molecule has 4 aromatic rings. The van der Waals surface area contributed by atoms with Crippen LogP contribution < -0.4 is 5.56 Å². The van der Waals surface area contributed by atoms with Crippen LogP contribution in [-0.4, -0.2) is 21.1 Å². The minimum Gasteiger partial charge on any atom is -0.293 e. The summed E-state index contributed by atoms with van der Waals surface area (Å²) in [4.78, 5) is 30.2. The van der Waals surface area contributed by atoms with E-state index < -0.39 is 0 Å². The summed E-state index contributed by atoms with van der Waals surface area (Å²) in [6, 6.07) is 18.6. The second-order valence-electron chi connectivity index (χ2n) is 6.44. The van der Waals surface area contributed by atoms with Crippen LogP contribution in [0.4, 0.5) is 0 Å². The highest BCUT2D eigenvalue weighted by molar-refractivity contribution is 7.99. The topological polar surface area (TPSA) is 52.0 Å². The third kappa shape index (κ3) is 4.61. The molecule has 29 heavy (non-hydrogen) atoms. The van der Waals surface area contributed by atoms with Crippen molar-refractivity contribution in [2.24, 2.45) is 0 Å². The maximum Gasteiger partial charge on any atom is 0.272 e. The summed E-state index contributed by atoms with van der Waals surface area (Å²) >= 11 is 8.65. The maximum atomic E-state index is 13.0. The van der Waals surface area contributed by atoms with Crippen molar-refractivity contribution in [1.29, 1.82) is 0 Å². The molecule has 7 heteroatoms. The first kappa shape index (κ1) is 19.9. The van der Waals surface area contributed by atoms with Crippen molar-refractivity contribution in [3.63, 3.8) is 0 Å². The van der Waals surface area contributed by atoms with Gasteiger partial charge in [0.1, 0.15) is 4.70 Å². The van der Waals surface area contributed by atoms with E-state index in [9.17, 15) is 9.59 Å². The van der Waals surface area contributed by atoms with E-state index >= 15 is 0 Å². The van der Waals surface area contributed by atoms with Crippen molar-refractivity contribution >= 4 is 50.7 Å². The van der Waals surface area contributed by atoms with E-state index in [4.69, 9.17) is 11.6 Å². The molecule has 0 saturated heterocycles. The van der Waals surface area contributed by atoms with E-state index in [-0.39, 0.29) is 17.1 Å². The van der Waals surface area contributed by atoms with Gasteiger partial charge in [0.25, 0.3) is 5.56 Å². The van der Waals surface area contributed by atoms with Crippen molar-refractivity contribution < 1.29 is 4.79 Å². The molecule has 2 aromatic heterocycles. The molecule has 0 amide bonds. The Labute approximate surface area is 181 Å². The van der Waals surface area contributed by atoms with Gasteiger partial charge in [-0.1, -0.05) is 65.8 Å². The second kappa shape index (κ2) is 8.95. The molecule has 0 unspecified atom stereocenters. The first-order valence-electron chi connectivity index (χ1n) is 9.05. The summed E-state index contributed by atoms with van der Waals surface area (Å²) in [6.45, 7) is 0.489. The van der Waals surface area contributed by atoms with Gasteiger partial charge in [0.15, 0.2) is 10.9 Å². The Morgan fingerprint density at radius 3 is 2.59 bits per heavy atom. The summed E-state index contributed by atoms with van der Waals surface area (Å²) in [6.07, 6.45) is 0.676. The molecule has 0 saturated carbocycles. The van der Waals surface area contributed by atoms with Crippen LogP contribution in [0.15, 0.2) is 76.0 Å². The Morgan fingerprint density at radius 2 is 1.83 bits per heavy atom. The summed E-state index contributed by atoms with van der Waals surface area (Å²) in [5.41, 5.74) is 2.36. The Balaban J connectivity index is 1.59.